The van der Waals surface area contributed by atoms with Gasteiger partial charge in [0.15, 0.2) is 9.84 Å². The van der Waals surface area contributed by atoms with Crippen LogP contribution in [-0.2, 0) is 14.6 Å². The second-order valence-electron chi connectivity index (χ2n) is 7.02. The number of nitrogens with zero attached hydrogens (tertiary/aromatic N) is 3. The SMILES string of the molecule is Cc1sc2ncnc(SCC(=O)N(C3CC3)[C@H]3CCS(=O)(=O)C3)c2c1C. The van der Waals surface area contributed by atoms with Gasteiger partial charge in [0.05, 0.1) is 17.3 Å². The Morgan fingerprint density at radius 2 is 2.04 bits per heavy atom. The summed E-state index contributed by atoms with van der Waals surface area (Å²) >= 11 is 3.07. The normalized spacial score (nSPS) is 22.0. The van der Waals surface area contributed by atoms with Gasteiger partial charge < -0.3 is 4.90 Å². The molecule has 1 saturated carbocycles. The molecule has 1 aliphatic carbocycles. The van der Waals surface area contributed by atoms with Crippen LogP contribution in [0.2, 0.25) is 0 Å². The van der Waals surface area contributed by atoms with Crippen molar-refractivity contribution >= 4 is 49.1 Å². The zero-order valence-electron chi connectivity index (χ0n) is 14.8. The zero-order valence-corrected chi connectivity index (χ0v) is 17.2. The van der Waals surface area contributed by atoms with Crippen molar-refractivity contribution in [3.05, 3.63) is 16.8 Å². The zero-order chi connectivity index (χ0) is 18.5. The lowest BCUT2D eigenvalue weighted by atomic mass is 10.2. The molecule has 6 nitrogen and oxygen atoms in total. The van der Waals surface area contributed by atoms with Crippen molar-refractivity contribution in [1.29, 1.82) is 0 Å². The molecule has 2 aliphatic rings. The van der Waals surface area contributed by atoms with Gasteiger partial charge in [-0.2, -0.15) is 0 Å². The molecule has 1 amide bonds. The summed E-state index contributed by atoms with van der Waals surface area (Å²) in [5.74, 6) is 0.617. The lowest BCUT2D eigenvalue weighted by Gasteiger charge is -2.28. The van der Waals surface area contributed by atoms with E-state index in [1.54, 1.807) is 17.7 Å². The first-order valence-corrected chi connectivity index (χ1v) is 12.3. The summed E-state index contributed by atoms with van der Waals surface area (Å²) in [6.45, 7) is 4.12. The summed E-state index contributed by atoms with van der Waals surface area (Å²) < 4.78 is 23.6. The van der Waals surface area contributed by atoms with Crippen LogP contribution in [-0.4, -0.2) is 58.5 Å². The van der Waals surface area contributed by atoms with Gasteiger partial charge in [-0.25, -0.2) is 18.4 Å². The van der Waals surface area contributed by atoms with Crippen molar-refractivity contribution < 1.29 is 13.2 Å². The molecule has 0 spiro atoms. The minimum absolute atomic E-state index is 0.0240. The maximum atomic E-state index is 12.9. The van der Waals surface area contributed by atoms with Gasteiger partial charge in [0.25, 0.3) is 0 Å². The lowest BCUT2D eigenvalue weighted by molar-refractivity contribution is -0.130. The van der Waals surface area contributed by atoms with E-state index >= 15 is 0 Å². The molecule has 0 N–H and O–H groups in total. The van der Waals surface area contributed by atoms with E-state index < -0.39 is 9.84 Å². The minimum atomic E-state index is -3.00. The summed E-state index contributed by atoms with van der Waals surface area (Å²) in [5.41, 5.74) is 1.17. The number of thioether (sulfide) groups is 1. The van der Waals surface area contributed by atoms with Crippen LogP contribution in [0.25, 0.3) is 10.2 Å². The van der Waals surface area contributed by atoms with Gasteiger partial charge in [0.2, 0.25) is 5.91 Å². The van der Waals surface area contributed by atoms with Crippen LogP contribution >= 0.6 is 23.1 Å². The fraction of sp³-hybridized carbons (Fsp3) is 0.588. The molecule has 0 unspecified atom stereocenters. The van der Waals surface area contributed by atoms with E-state index in [0.717, 1.165) is 28.1 Å². The molecule has 1 atom stereocenters. The van der Waals surface area contributed by atoms with Gasteiger partial charge in [-0.15, -0.1) is 11.3 Å². The molecule has 0 bridgehead atoms. The summed E-state index contributed by atoms with van der Waals surface area (Å²) in [4.78, 5) is 25.6. The van der Waals surface area contributed by atoms with E-state index in [-0.39, 0.29) is 35.2 Å². The van der Waals surface area contributed by atoms with Crippen molar-refractivity contribution in [2.24, 2.45) is 0 Å². The van der Waals surface area contributed by atoms with E-state index in [4.69, 9.17) is 0 Å². The molecule has 9 heteroatoms. The fourth-order valence-electron chi connectivity index (χ4n) is 3.52. The van der Waals surface area contributed by atoms with Gasteiger partial charge in [0, 0.05) is 22.3 Å². The molecule has 3 heterocycles. The van der Waals surface area contributed by atoms with Crippen LogP contribution in [0.3, 0.4) is 0 Å². The number of carbonyl (C=O) groups excluding carboxylic acids is 1. The topological polar surface area (TPSA) is 80.2 Å². The molecule has 0 radical (unpaired) electrons. The summed E-state index contributed by atoms with van der Waals surface area (Å²) in [6, 6.07) is 0.0630. The Morgan fingerprint density at radius 1 is 1.27 bits per heavy atom. The predicted molar refractivity (Wildman–Crippen MR) is 105 cm³/mol. The quantitative estimate of drug-likeness (QED) is 0.556. The fourth-order valence-corrected chi connectivity index (χ4v) is 7.21. The van der Waals surface area contributed by atoms with Gasteiger partial charge in [-0.05, 0) is 38.7 Å². The Kier molecular flexibility index (Phi) is 4.73. The molecule has 2 aromatic rings. The Labute approximate surface area is 161 Å². The Balaban J connectivity index is 1.51. The maximum Gasteiger partial charge on any atom is 0.233 e. The minimum Gasteiger partial charge on any atom is -0.335 e. The van der Waals surface area contributed by atoms with E-state index in [9.17, 15) is 13.2 Å². The van der Waals surface area contributed by atoms with E-state index in [2.05, 4.69) is 23.8 Å². The molecular formula is C17H21N3O3S3. The van der Waals surface area contributed by atoms with Gasteiger partial charge in [-0.1, -0.05) is 11.8 Å². The summed E-state index contributed by atoms with van der Waals surface area (Å²) in [7, 11) is -3.00. The average molecular weight is 412 g/mol. The molecule has 2 fully saturated rings. The molecule has 1 saturated heterocycles. The monoisotopic (exact) mass is 411 g/mol. The smallest absolute Gasteiger partial charge is 0.233 e. The number of aryl methyl sites for hydroxylation is 2. The van der Waals surface area contributed by atoms with Crippen LogP contribution in [0.4, 0.5) is 0 Å². The van der Waals surface area contributed by atoms with Crippen LogP contribution in [0.15, 0.2) is 11.4 Å². The second-order valence-corrected chi connectivity index (χ2v) is 11.4. The van der Waals surface area contributed by atoms with E-state index in [1.807, 2.05) is 4.90 Å². The average Bonchev–Trinajstić information content (AvgIpc) is 3.29. The first kappa shape index (κ1) is 18.2. The van der Waals surface area contributed by atoms with E-state index in [1.165, 1.54) is 22.2 Å². The third-order valence-corrected chi connectivity index (χ3v) is 8.93. The van der Waals surface area contributed by atoms with Crippen molar-refractivity contribution in [3.63, 3.8) is 0 Å². The molecule has 140 valence electrons. The number of carbonyl (C=O) groups is 1. The highest BCUT2D eigenvalue weighted by Gasteiger charge is 2.41. The summed E-state index contributed by atoms with van der Waals surface area (Å²) in [6.07, 6.45) is 4.07. The molecule has 0 aromatic carbocycles. The van der Waals surface area contributed by atoms with Crippen LogP contribution in [0, 0.1) is 13.8 Å². The molecule has 2 aromatic heterocycles. The number of thiophene rings is 1. The third-order valence-electron chi connectivity index (χ3n) is 5.09. The van der Waals surface area contributed by atoms with Crippen molar-refractivity contribution in [1.82, 2.24) is 14.9 Å². The standard InChI is InChI=1S/C17H21N3O3S3/c1-10-11(2)25-17-15(10)16(18-9-19-17)24-7-14(21)20(12-3-4-12)13-5-6-26(22,23)8-13/h9,12-13H,3-8H2,1-2H3/t13-/m0/s1. The number of hydrogen-bond donors (Lipinski definition) is 0. The number of amides is 1. The Bertz CT molecular complexity index is 966. The third kappa shape index (κ3) is 3.48. The number of sulfone groups is 1. The lowest BCUT2D eigenvalue weighted by Crippen LogP contribution is -2.43. The van der Waals surface area contributed by atoms with Gasteiger partial charge in [0.1, 0.15) is 16.2 Å². The highest BCUT2D eigenvalue weighted by atomic mass is 32.2. The first-order chi connectivity index (χ1) is 12.4. The van der Waals surface area contributed by atoms with Crippen LogP contribution < -0.4 is 0 Å². The largest absolute Gasteiger partial charge is 0.335 e. The van der Waals surface area contributed by atoms with Crippen LogP contribution in [0.1, 0.15) is 29.7 Å². The Hall–Kier alpha value is -1.19. The number of rotatable bonds is 5. The predicted octanol–water partition coefficient (Wildman–Crippen LogP) is 2.58. The molecule has 1 aliphatic heterocycles. The van der Waals surface area contributed by atoms with Gasteiger partial charge >= 0.3 is 0 Å². The number of aromatic nitrogens is 2. The summed E-state index contributed by atoms with van der Waals surface area (Å²) in [5, 5.41) is 1.87. The van der Waals surface area contributed by atoms with E-state index in [0.29, 0.717) is 6.42 Å². The van der Waals surface area contributed by atoms with Crippen molar-refractivity contribution in [3.8, 4) is 0 Å². The van der Waals surface area contributed by atoms with Crippen molar-refractivity contribution in [2.75, 3.05) is 17.3 Å². The Morgan fingerprint density at radius 3 is 2.69 bits per heavy atom. The second kappa shape index (κ2) is 6.76. The molecule has 4 rings (SSSR count). The van der Waals surface area contributed by atoms with Gasteiger partial charge in [-0.3, -0.25) is 4.79 Å². The molecule has 26 heavy (non-hydrogen) atoms. The van der Waals surface area contributed by atoms with Crippen LogP contribution in [0.5, 0.6) is 0 Å². The number of hydrogen-bond acceptors (Lipinski definition) is 7. The highest BCUT2D eigenvalue weighted by Crippen LogP contribution is 2.36. The highest BCUT2D eigenvalue weighted by molar-refractivity contribution is 8.00. The van der Waals surface area contributed by atoms with Crippen molar-refractivity contribution in [2.45, 2.75) is 50.2 Å². The molecular weight excluding hydrogens is 390 g/mol. The first-order valence-electron chi connectivity index (χ1n) is 8.71. The number of fused-ring (bicyclic) bond motifs is 1. The maximum absolute atomic E-state index is 12.9.